The Morgan fingerprint density at radius 2 is 1.61 bits per heavy atom. The molecule has 5 rings (SSSR count). The highest BCUT2D eigenvalue weighted by molar-refractivity contribution is 9.10. The molecule has 0 amide bonds. The van der Waals surface area contributed by atoms with E-state index in [0.29, 0.717) is 16.7 Å². The minimum atomic E-state index is -3.43. The van der Waals surface area contributed by atoms with Gasteiger partial charge in [-0.2, -0.15) is 4.31 Å². The molecule has 5 heteroatoms. The molecule has 0 aliphatic heterocycles. The van der Waals surface area contributed by atoms with Gasteiger partial charge in [-0.15, -0.1) is 0 Å². The number of hydrogen-bond acceptors (Lipinski definition) is 2. The van der Waals surface area contributed by atoms with Crippen molar-refractivity contribution in [2.75, 3.05) is 7.05 Å². The molecule has 0 radical (unpaired) electrons. The van der Waals surface area contributed by atoms with E-state index in [1.165, 1.54) is 32.1 Å². The Morgan fingerprint density at radius 3 is 2.17 bits per heavy atom. The van der Waals surface area contributed by atoms with Gasteiger partial charge in [-0.1, -0.05) is 22.0 Å². The molecule has 1 aromatic carbocycles. The topological polar surface area (TPSA) is 37.4 Å². The molecule has 0 unspecified atom stereocenters. The van der Waals surface area contributed by atoms with E-state index in [2.05, 4.69) is 15.9 Å². The summed E-state index contributed by atoms with van der Waals surface area (Å²) in [5.74, 6) is 2.85. The van der Waals surface area contributed by atoms with E-state index in [0.717, 1.165) is 21.9 Å². The summed E-state index contributed by atoms with van der Waals surface area (Å²) in [6, 6.07) is 5.65. The van der Waals surface area contributed by atoms with Crippen molar-refractivity contribution < 1.29 is 8.42 Å². The second kappa shape index (κ2) is 5.57. The van der Waals surface area contributed by atoms with Crippen LogP contribution in [-0.4, -0.2) is 25.8 Å². The van der Waals surface area contributed by atoms with Crippen LogP contribution < -0.4 is 0 Å². The van der Waals surface area contributed by atoms with Crippen LogP contribution >= 0.6 is 15.9 Å². The molecule has 126 valence electrons. The molecule has 0 aromatic heterocycles. The summed E-state index contributed by atoms with van der Waals surface area (Å²) in [5.41, 5.74) is 0.808. The average molecular weight is 398 g/mol. The lowest BCUT2D eigenvalue weighted by Crippen LogP contribution is -2.56. The maximum Gasteiger partial charge on any atom is 0.243 e. The van der Waals surface area contributed by atoms with Crippen molar-refractivity contribution >= 4 is 26.0 Å². The summed E-state index contributed by atoms with van der Waals surface area (Å²) in [6.07, 6.45) is 6.31. The molecular weight excluding hydrogens is 374 g/mol. The van der Waals surface area contributed by atoms with Crippen molar-refractivity contribution in [1.82, 2.24) is 4.31 Å². The second-order valence-corrected chi connectivity index (χ2v) is 10.6. The predicted molar refractivity (Wildman–Crippen MR) is 94.7 cm³/mol. The van der Waals surface area contributed by atoms with Crippen LogP contribution in [0.25, 0.3) is 0 Å². The van der Waals surface area contributed by atoms with Gasteiger partial charge in [0.15, 0.2) is 0 Å². The molecule has 0 heterocycles. The Hall–Kier alpha value is -0.390. The van der Waals surface area contributed by atoms with Gasteiger partial charge in [0.2, 0.25) is 10.0 Å². The fourth-order valence-corrected chi connectivity index (χ4v) is 7.89. The largest absolute Gasteiger partial charge is 0.243 e. The third kappa shape index (κ3) is 2.50. The lowest BCUT2D eigenvalue weighted by atomic mass is 9.54. The zero-order valence-corrected chi connectivity index (χ0v) is 16.1. The third-order valence-electron chi connectivity index (χ3n) is 6.47. The van der Waals surface area contributed by atoms with Crippen LogP contribution in [-0.2, 0) is 10.0 Å². The fourth-order valence-electron chi connectivity index (χ4n) is 5.67. The van der Waals surface area contributed by atoms with Crippen molar-refractivity contribution in [3.8, 4) is 0 Å². The molecule has 4 saturated carbocycles. The maximum atomic E-state index is 13.2. The fraction of sp³-hybridized carbons (Fsp3) is 0.667. The van der Waals surface area contributed by atoms with Crippen molar-refractivity contribution in [2.24, 2.45) is 23.7 Å². The van der Waals surface area contributed by atoms with Gasteiger partial charge in [-0.3, -0.25) is 0 Å². The average Bonchev–Trinajstić information content (AvgIpc) is 2.48. The molecule has 4 bridgehead atoms. The second-order valence-electron chi connectivity index (χ2n) is 7.81. The number of benzene rings is 1. The summed E-state index contributed by atoms with van der Waals surface area (Å²) < 4.78 is 29.0. The molecule has 0 saturated heterocycles. The lowest BCUT2D eigenvalue weighted by molar-refractivity contribution is -0.0351. The highest BCUT2D eigenvalue weighted by atomic mass is 79.9. The Kier molecular flexibility index (Phi) is 3.90. The van der Waals surface area contributed by atoms with Crippen molar-refractivity contribution in [3.05, 3.63) is 28.2 Å². The Bertz CT molecular complexity index is 703. The van der Waals surface area contributed by atoms with Crippen LogP contribution in [0.1, 0.15) is 37.7 Å². The Labute approximate surface area is 147 Å². The van der Waals surface area contributed by atoms with Gasteiger partial charge in [-0.05, 0) is 80.4 Å². The van der Waals surface area contributed by atoms with E-state index in [4.69, 9.17) is 0 Å². The van der Waals surface area contributed by atoms with Crippen LogP contribution in [0.15, 0.2) is 27.6 Å². The number of rotatable bonds is 3. The standard InChI is InChI=1S/C18H24BrNO2S/c1-11-16(19)4-3-5-17(11)23(21,22)20(2)18-14-7-12-6-13(9-14)10-15(18)8-12/h3-5,12-15,18H,6-10H2,1-2H3. The molecule has 23 heavy (non-hydrogen) atoms. The summed E-state index contributed by atoms with van der Waals surface area (Å²) in [7, 11) is -1.62. The van der Waals surface area contributed by atoms with E-state index in [1.54, 1.807) is 10.4 Å². The molecule has 4 aliphatic carbocycles. The minimum absolute atomic E-state index is 0.200. The normalized spacial score (nSPS) is 35.9. The van der Waals surface area contributed by atoms with Crippen LogP contribution in [0.3, 0.4) is 0 Å². The monoisotopic (exact) mass is 397 g/mol. The first kappa shape index (κ1) is 16.1. The van der Waals surface area contributed by atoms with Gasteiger partial charge >= 0.3 is 0 Å². The van der Waals surface area contributed by atoms with Crippen molar-refractivity contribution in [3.63, 3.8) is 0 Å². The van der Waals surface area contributed by atoms with Gasteiger partial charge in [0.25, 0.3) is 0 Å². The van der Waals surface area contributed by atoms with Crippen LogP contribution in [0.2, 0.25) is 0 Å². The van der Waals surface area contributed by atoms with Crippen LogP contribution in [0.5, 0.6) is 0 Å². The summed E-state index contributed by atoms with van der Waals surface area (Å²) in [5, 5.41) is 0. The highest BCUT2D eigenvalue weighted by Gasteiger charge is 2.51. The van der Waals surface area contributed by atoms with Crippen molar-refractivity contribution in [2.45, 2.75) is 50.0 Å². The quantitative estimate of drug-likeness (QED) is 0.765. The number of halogens is 1. The van der Waals surface area contributed by atoms with Crippen LogP contribution in [0, 0.1) is 30.6 Å². The van der Waals surface area contributed by atoms with Gasteiger partial charge in [-0.25, -0.2) is 8.42 Å². The zero-order valence-electron chi connectivity index (χ0n) is 13.7. The molecule has 0 atom stereocenters. The Morgan fingerprint density at radius 1 is 1.04 bits per heavy atom. The van der Waals surface area contributed by atoms with E-state index in [1.807, 2.05) is 26.1 Å². The molecule has 0 spiro atoms. The predicted octanol–water partition coefficient (Wildman–Crippen LogP) is 4.20. The van der Waals surface area contributed by atoms with E-state index >= 15 is 0 Å². The molecule has 0 N–H and O–H groups in total. The van der Waals surface area contributed by atoms with E-state index < -0.39 is 10.0 Å². The lowest BCUT2D eigenvalue weighted by Gasteiger charge is -2.56. The minimum Gasteiger partial charge on any atom is -0.207 e. The van der Waals surface area contributed by atoms with Gasteiger partial charge in [0, 0.05) is 17.6 Å². The number of sulfonamides is 1. The first-order chi connectivity index (χ1) is 10.9. The van der Waals surface area contributed by atoms with Crippen molar-refractivity contribution in [1.29, 1.82) is 0 Å². The highest BCUT2D eigenvalue weighted by Crippen LogP contribution is 2.55. The zero-order chi connectivity index (χ0) is 16.4. The molecule has 4 fully saturated rings. The summed E-state index contributed by atoms with van der Waals surface area (Å²) in [4.78, 5) is 0.447. The smallest absolute Gasteiger partial charge is 0.207 e. The van der Waals surface area contributed by atoms with Gasteiger partial charge in [0.05, 0.1) is 4.90 Å². The molecular formula is C18H24BrNO2S. The molecule has 1 aromatic rings. The molecule has 3 nitrogen and oxygen atoms in total. The number of hydrogen-bond donors (Lipinski definition) is 0. The maximum absolute atomic E-state index is 13.2. The van der Waals surface area contributed by atoms with Gasteiger partial charge < -0.3 is 0 Å². The van der Waals surface area contributed by atoms with Gasteiger partial charge in [0.1, 0.15) is 0 Å². The SMILES string of the molecule is Cc1c(Br)cccc1S(=O)(=O)N(C)C1C2CC3CC(C2)CC1C3. The van der Waals surface area contributed by atoms with E-state index in [9.17, 15) is 8.42 Å². The first-order valence-electron chi connectivity index (χ1n) is 8.61. The Balaban J connectivity index is 1.68. The number of nitrogens with zero attached hydrogens (tertiary/aromatic N) is 1. The molecule has 4 aliphatic rings. The third-order valence-corrected chi connectivity index (χ3v) is 9.33. The first-order valence-corrected chi connectivity index (χ1v) is 10.8. The summed E-state index contributed by atoms with van der Waals surface area (Å²) >= 11 is 3.46. The summed E-state index contributed by atoms with van der Waals surface area (Å²) in [6.45, 7) is 1.88. The van der Waals surface area contributed by atoms with Crippen LogP contribution in [0.4, 0.5) is 0 Å². The van der Waals surface area contributed by atoms with E-state index in [-0.39, 0.29) is 6.04 Å².